The monoisotopic (exact) mass is 382 g/mol. The van der Waals surface area contributed by atoms with Crippen LogP contribution in [0.3, 0.4) is 0 Å². The average molecular weight is 382 g/mol. The number of likely N-dealkylation sites (tertiary alicyclic amines) is 1. The maximum Gasteiger partial charge on any atom is 0.272 e. The molecule has 0 radical (unpaired) electrons. The van der Waals surface area contributed by atoms with E-state index in [1.54, 1.807) is 6.20 Å². The summed E-state index contributed by atoms with van der Waals surface area (Å²) in [4.78, 5) is 27.0. The molecule has 0 spiro atoms. The van der Waals surface area contributed by atoms with Crippen LogP contribution in [0, 0.1) is 5.92 Å². The average Bonchev–Trinajstić information content (AvgIpc) is 3.39. The Kier molecular flexibility index (Phi) is 4.35. The van der Waals surface area contributed by atoms with Gasteiger partial charge in [0, 0.05) is 42.1 Å². The molecule has 4 heterocycles. The van der Waals surface area contributed by atoms with Gasteiger partial charge in [0.05, 0.1) is 0 Å². The van der Waals surface area contributed by atoms with Crippen molar-refractivity contribution in [2.75, 3.05) is 13.1 Å². The van der Waals surface area contributed by atoms with E-state index >= 15 is 0 Å². The quantitative estimate of drug-likeness (QED) is 0.555. The molecule has 1 aliphatic rings. The third-order valence-electron chi connectivity index (χ3n) is 5.58. The van der Waals surface area contributed by atoms with E-state index in [4.69, 9.17) is 0 Å². The maximum absolute atomic E-state index is 12.8. The molecule has 1 aromatic carbocycles. The van der Waals surface area contributed by atoms with Crippen LogP contribution in [-0.2, 0) is 0 Å². The summed E-state index contributed by atoms with van der Waals surface area (Å²) in [6, 6.07) is 18.2. The van der Waals surface area contributed by atoms with Crippen LogP contribution in [0.15, 0.2) is 67.0 Å². The molecular formula is C24H22N4O. The molecule has 1 N–H and O–H groups in total. The van der Waals surface area contributed by atoms with E-state index in [9.17, 15) is 4.79 Å². The molecule has 5 heteroatoms. The molecule has 1 saturated heterocycles. The maximum atomic E-state index is 12.8. The summed E-state index contributed by atoms with van der Waals surface area (Å²) in [5.41, 5.74) is 5.44. The minimum atomic E-state index is 0.0123. The Morgan fingerprint density at radius 1 is 1.03 bits per heavy atom. The van der Waals surface area contributed by atoms with Gasteiger partial charge in [-0.3, -0.25) is 9.78 Å². The Bertz CT molecular complexity index is 1180. The minimum absolute atomic E-state index is 0.0123. The highest BCUT2D eigenvalue weighted by atomic mass is 16.2. The molecule has 0 saturated carbocycles. The van der Waals surface area contributed by atoms with Gasteiger partial charge in [-0.15, -0.1) is 0 Å². The van der Waals surface area contributed by atoms with E-state index in [1.165, 1.54) is 0 Å². The molecule has 1 amide bonds. The Hall–Kier alpha value is -3.47. The van der Waals surface area contributed by atoms with E-state index in [-0.39, 0.29) is 5.91 Å². The molecule has 1 fully saturated rings. The van der Waals surface area contributed by atoms with Crippen LogP contribution >= 0.6 is 0 Å². The number of pyridine rings is 2. The van der Waals surface area contributed by atoms with Gasteiger partial charge in [-0.25, -0.2) is 4.98 Å². The van der Waals surface area contributed by atoms with Gasteiger partial charge in [0.2, 0.25) is 0 Å². The lowest BCUT2D eigenvalue weighted by Crippen LogP contribution is -2.29. The number of hydrogen-bond acceptors (Lipinski definition) is 3. The highest BCUT2D eigenvalue weighted by Crippen LogP contribution is 2.27. The predicted octanol–water partition coefficient (Wildman–Crippen LogP) is 4.77. The van der Waals surface area contributed by atoms with Gasteiger partial charge in [0.15, 0.2) is 0 Å². The van der Waals surface area contributed by atoms with Crippen molar-refractivity contribution in [3.8, 4) is 22.4 Å². The Morgan fingerprint density at radius 3 is 2.69 bits per heavy atom. The van der Waals surface area contributed by atoms with Crippen LogP contribution in [0.5, 0.6) is 0 Å². The number of hydrogen-bond donors (Lipinski definition) is 1. The highest BCUT2D eigenvalue weighted by molar-refractivity contribution is 5.94. The largest absolute Gasteiger partial charge is 0.339 e. The first-order valence-corrected chi connectivity index (χ1v) is 9.97. The fraction of sp³-hybridized carbons (Fsp3) is 0.208. The zero-order valence-corrected chi connectivity index (χ0v) is 16.3. The fourth-order valence-electron chi connectivity index (χ4n) is 3.96. The number of carbonyl (C=O) groups excluding carboxylic acids is 1. The zero-order chi connectivity index (χ0) is 19.8. The summed E-state index contributed by atoms with van der Waals surface area (Å²) in [6.07, 6.45) is 4.61. The number of aromatic amines is 1. The lowest BCUT2D eigenvalue weighted by molar-refractivity contribution is 0.0782. The van der Waals surface area contributed by atoms with Crippen molar-refractivity contribution in [3.63, 3.8) is 0 Å². The van der Waals surface area contributed by atoms with Gasteiger partial charge >= 0.3 is 0 Å². The van der Waals surface area contributed by atoms with Crippen LogP contribution < -0.4 is 0 Å². The molecular weight excluding hydrogens is 360 g/mol. The van der Waals surface area contributed by atoms with Gasteiger partial charge in [0.1, 0.15) is 11.3 Å². The first-order chi connectivity index (χ1) is 14.2. The standard InChI is InChI=1S/C24H22N4O/c1-16-8-10-28(15-16)24(29)22-12-18(7-9-25-22)20-11-19-13-21(27-23(19)26-14-20)17-5-3-2-4-6-17/h2-7,9,11-14,16H,8,10,15H2,1H3,(H,26,27)/t16-/m0/s1. The van der Waals surface area contributed by atoms with Gasteiger partial charge in [-0.05, 0) is 47.7 Å². The number of rotatable bonds is 3. The van der Waals surface area contributed by atoms with E-state index in [2.05, 4.69) is 46.1 Å². The van der Waals surface area contributed by atoms with Crippen molar-refractivity contribution in [1.82, 2.24) is 19.9 Å². The smallest absolute Gasteiger partial charge is 0.272 e. The third kappa shape index (κ3) is 3.40. The Balaban J connectivity index is 1.47. The van der Waals surface area contributed by atoms with Crippen molar-refractivity contribution >= 4 is 16.9 Å². The topological polar surface area (TPSA) is 61.9 Å². The van der Waals surface area contributed by atoms with E-state index < -0.39 is 0 Å². The summed E-state index contributed by atoms with van der Waals surface area (Å²) in [5.74, 6) is 0.569. The first-order valence-electron chi connectivity index (χ1n) is 9.97. The van der Waals surface area contributed by atoms with Gasteiger partial charge in [0.25, 0.3) is 5.91 Å². The molecule has 0 aliphatic carbocycles. The number of carbonyl (C=O) groups is 1. The summed E-state index contributed by atoms with van der Waals surface area (Å²) >= 11 is 0. The molecule has 144 valence electrons. The van der Waals surface area contributed by atoms with Crippen LogP contribution in [0.4, 0.5) is 0 Å². The molecule has 0 unspecified atom stereocenters. The molecule has 4 aromatic rings. The van der Waals surface area contributed by atoms with Gasteiger partial charge < -0.3 is 9.88 Å². The molecule has 29 heavy (non-hydrogen) atoms. The van der Waals surface area contributed by atoms with Crippen LogP contribution in [-0.4, -0.2) is 38.8 Å². The number of H-pyrrole nitrogens is 1. The molecule has 1 aliphatic heterocycles. The number of amides is 1. The normalized spacial score (nSPS) is 16.4. The molecule has 5 rings (SSSR count). The van der Waals surface area contributed by atoms with Crippen molar-refractivity contribution in [1.29, 1.82) is 0 Å². The number of benzene rings is 1. The molecule has 5 nitrogen and oxygen atoms in total. The number of nitrogens with zero attached hydrogens (tertiary/aromatic N) is 3. The second kappa shape index (κ2) is 7.17. The van der Waals surface area contributed by atoms with Crippen LogP contribution in [0.1, 0.15) is 23.8 Å². The van der Waals surface area contributed by atoms with E-state index in [0.29, 0.717) is 11.6 Å². The summed E-state index contributed by atoms with van der Waals surface area (Å²) in [5, 5.41) is 1.04. The lowest BCUT2D eigenvalue weighted by atomic mass is 10.1. The van der Waals surface area contributed by atoms with Crippen molar-refractivity contribution in [2.24, 2.45) is 5.92 Å². The Labute approximate surface area is 169 Å². The minimum Gasteiger partial charge on any atom is -0.339 e. The van der Waals surface area contributed by atoms with Crippen molar-refractivity contribution in [3.05, 3.63) is 72.7 Å². The second-order valence-corrected chi connectivity index (χ2v) is 7.79. The molecule has 0 bridgehead atoms. The van der Waals surface area contributed by atoms with Gasteiger partial charge in [-0.2, -0.15) is 0 Å². The molecule has 1 atom stereocenters. The third-order valence-corrected chi connectivity index (χ3v) is 5.58. The fourth-order valence-corrected chi connectivity index (χ4v) is 3.96. The first kappa shape index (κ1) is 17.6. The van der Waals surface area contributed by atoms with E-state index in [0.717, 1.165) is 52.9 Å². The molecule has 3 aromatic heterocycles. The lowest BCUT2D eigenvalue weighted by Gasteiger charge is -2.15. The SMILES string of the molecule is C[C@H]1CCN(C(=O)c2cc(-c3cnc4[nH]c(-c5ccccc5)cc4c3)ccn2)C1. The van der Waals surface area contributed by atoms with Crippen molar-refractivity contribution < 1.29 is 4.79 Å². The second-order valence-electron chi connectivity index (χ2n) is 7.79. The Morgan fingerprint density at radius 2 is 1.90 bits per heavy atom. The number of aromatic nitrogens is 3. The number of nitrogens with one attached hydrogen (secondary N) is 1. The van der Waals surface area contributed by atoms with Gasteiger partial charge in [-0.1, -0.05) is 37.3 Å². The van der Waals surface area contributed by atoms with Crippen LogP contribution in [0.25, 0.3) is 33.4 Å². The summed E-state index contributed by atoms with van der Waals surface area (Å²) < 4.78 is 0. The summed E-state index contributed by atoms with van der Waals surface area (Å²) in [6.45, 7) is 3.80. The number of fused-ring (bicyclic) bond motifs is 1. The zero-order valence-electron chi connectivity index (χ0n) is 16.3. The predicted molar refractivity (Wildman–Crippen MR) is 114 cm³/mol. The summed E-state index contributed by atoms with van der Waals surface area (Å²) in [7, 11) is 0. The van der Waals surface area contributed by atoms with Crippen LogP contribution in [0.2, 0.25) is 0 Å². The van der Waals surface area contributed by atoms with Crippen molar-refractivity contribution in [2.45, 2.75) is 13.3 Å². The van der Waals surface area contributed by atoms with E-state index in [1.807, 2.05) is 41.4 Å². The highest BCUT2D eigenvalue weighted by Gasteiger charge is 2.25.